The second kappa shape index (κ2) is 15.2. The van der Waals surface area contributed by atoms with Crippen molar-refractivity contribution >= 4 is 23.7 Å². The number of amides is 1. The van der Waals surface area contributed by atoms with E-state index in [-0.39, 0.29) is 18.9 Å². The number of benzene rings is 1. The first-order valence-corrected chi connectivity index (χ1v) is 13.0. The van der Waals surface area contributed by atoms with Gasteiger partial charge in [-0.25, -0.2) is 4.79 Å². The third kappa shape index (κ3) is 11.3. The molecule has 0 radical (unpaired) electrons. The normalized spacial score (nSPS) is 18.2. The number of nitrogens with two attached hydrogens (primary N) is 1. The highest BCUT2D eigenvalue weighted by Gasteiger charge is 2.22. The van der Waals surface area contributed by atoms with Gasteiger partial charge in [-0.05, 0) is 69.8 Å². The number of quaternary nitrogens is 1. The van der Waals surface area contributed by atoms with E-state index in [0.29, 0.717) is 10.6 Å². The highest BCUT2D eigenvalue weighted by molar-refractivity contribution is 6.31. The smallest absolute Gasteiger partial charge is 0.407 e. The van der Waals surface area contributed by atoms with Gasteiger partial charge in [-0.1, -0.05) is 56.5 Å². The van der Waals surface area contributed by atoms with E-state index in [1.165, 1.54) is 64.2 Å². The number of carboxylic acids is 1. The van der Waals surface area contributed by atoms with Crippen LogP contribution in [0.2, 0.25) is 5.02 Å². The Balaban J connectivity index is 0.000000254. The lowest BCUT2D eigenvalue weighted by Crippen LogP contribution is -2.95. The van der Waals surface area contributed by atoms with Gasteiger partial charge in [0.1, 0.15) is 6.61 Å². The SMILES string of the molecule is C1CCC([NH2+]C2CCCCC2)CC1.CC(C)C[C@H](NC(=O)OCc1ccccc1Cl)C(=O)[O-]. The van der Waals surface area contributed by atoms with Gasteiger partial charge in [0.25, 0.3) is 0 Å². The molecule has 0 bridgehead atoms. The molecule has 186 valence electrons. The molecule has 2 aliphatic rings. The van der Waals surface area contributed by atoms with Crippen LogP contribution < -0.4 is 15.7 Å². The Morgan fingerprint density at radius 2 is 1.58 bits per heavy atom. The number of carbonyl (C=O) groups is 2. The molecule has 2 fully saturated rings. The van der Waals surface area contributed by atoms with E-state index >= 15 is 0 Å². The summed E-state index contributed by atoms with van der Waals surface area (Å²) >= 11 is 5.92. The third-order valence-corrected chi connectivity index (χ3v) is 6.81. The molecular weight excluding hydrogens is 440 g/mol. The van der Waals surface area contributed by atoms with Gasteiger partial charge in [0.05, 0.1) is 24.1 Å². The van der Waals surface area contributed by atoms with Gasteiger partial charge in [0, 0.05) is 10.6 Å². The molecule has 1 aromatic rings. The van der Waals surface area contributed by atoms with Crippen molar-refractivity contribution in [2.24, 2.45) is 5.92 Å². The lowest BCUT2D eigenvalue weighted by Gasteiger charge is -2.27. The average molecular weight is 481 g/mol. The minimum atomic E-state index is -1.33. The molecule has 6 nitrogen and oxygen atoms in total. The summed E-state index contributed by atoms with van der Waals surface area (Å²) in [4.78, 5) is 22.5. The summed E-state index contributed by atoms with van der Waals surface area (Å²) in [5, 5.41) is 16.4. The Bertz CT molecular complexity index is 700. The highest BCUT2D eigenvalue weighted by atomic mass is 35.5. The van der Waals surface area contributed by atoms with Crippen LogP contribution in [-0.2, 0) is 16.1 Å². The van der Waals surface area contributed by atoms with Crippen LogP contribution in [0, 0.1) is 5.92 Å². The lowest BCUT2D eigenvalue weighted by molar-refractivity contribution is -0.725. The third-order valence-electron chi connectivity index (χ3n) is 6.44. The number of ether oxygens (including phenoxy) is 1. The number of hydrogen-bond donors (Lipinski definition) is 2. The standard InChI is InChI=1S/C14H18ClNO4.C12H23N/c1-9(2)7-12(13(17)18)16-14(19)20-8-10-5-3-4-6-11(10)15;1-3-7-11(8-4-1)13-12-9-5-2-6-10-12/h3-6,9,12H,7-8H2,1-2H3,(H,16,19)(H,17,18);11-13H,1-10H2/t12-;/m0./s1. The summed E-state index contributed by atoms with van der Waals surface area (Å²) in [6.45, 7) is 3.69. The summed E-state index contributed by atoms with van der Waals surface area (Å²) in [5.41, 5.74) is 0.651. The maximum Gasteiger partial charge on any atom is 0.407 e. The molecule has 0 saturated heterocycles. The summed E-state index contributed by atoms with van der Waals surface area (Å²) in [6.07, 6.45) is 14.4. The van der Waals surface area contributed by atoms with Crippen LogP contribution in [0.25, 0.3) is 0 Å². The molecule has 33 heavy (non-hydrogen) atoms. The Hall–Kier alpha value is -1.79. The van der Waals surface area contributed by atoms with Crippen molar-refractivity contribution in [3.8, 4) is 0 Å². The Kier molecular flexibility index (Phi) is 12.6. The molecule has 2 aliphatic carbocycles. The zero-order valence-electron chi connectivity index (χ0n) is 20.2. The predicted octanol–water partition coefficient (Wildman–Crippen LogP) is 3.95. The molecule has 1 amide bonds. The predicted molar refractivity (Wildman–Crippen MR) is 129 cm³/mol. The van der Waals surface area contributed by atoms with Crippen molar-refractivity contribution in [3.05, 3.63) is 34.9 Å². The fourth-order valence-electron chi connectivity index (χ4n) is 4.67. The van der Waals surface area contributed by atoms with E-state index < -0.39 is 18.1 Å². The number of rotatable bonds is 8. The van der Waals surface area contributed by atoms with Crippen LogP contribution in [0.4, 0.5) is 4.79 Å². The Morgan fingerprint density at radius 1 is 1.03 bits per heavy atom. The van der Waals surface area contributed by atoms with E-state index in [4.69, 9.17) is 16.3 Å². The van der Waals surface area contributed by atoms with Gasteiger partial charge >= 0.3 is 6.09 Å². The number of hydrogen-bond acceptors (Lipinski definition) is 4. The van der Waals surface area contributed by atoms with Crippen LogP contribution in [-0.4, -0.2) is 30.2 Å². The van der Waals surface area contributed by atoms with Crippen LogP contribution in [0.5, 0.6) is 0 Å². The number of halogens is 1. The van der Waals surface area contributed by atoms with Crippen molar-refractivity contribution < 1.29 is 24.7 Å². The largest absolute Gasteiger partial charge is 0.548 e. The number of aliphatic carboxylic acids is 1. The number of alkyl carbamates (subject to hydrolysis) is 1. The molecule has 0 aromatic heterocycles. The molecule has 0 spiro atoms. The van der Waals surface area contributed by atoms with Crippen LogP contribution >= 0.6 is 11.6 Å². The monoisotopic (exact) mass is 480 g/mol. The zero-order chi connectivity index (χ0) is 24.1. The fourth-order valence-corrected chi connectivity index (χ4v) is 4.86. The van der Waals surface area contributed by atoms with E-state index in [9.17, 15) is 14.7 Å². The van der Waals surface area contributed by atoms with Gasteiger partial charge < -0.3 is 25.3 Å². The van der Waals surface area contributed by atoms with Crippen molar-refractivity contribution in [1.82, 2.24) is 5.32 Å². The maximum absolute atomic E-state index is 11.6. The zero-order valence-corrected chi connectivity index (χ0v) is 20.9. The molecule has 0 aliphatic heterocycles. The summed E-state index contributed by atoms with van der Waals surface area (Å²) in [7, 11) is 0. The van der Waals surface area contributed by atoms with Crippen molar-refractivity contribution in [2.45, 2.75) is 109 Å². The summed E-state index contributed by atoms with van der Waals surface area (Å²) in [5.74, 6) is -1.21. The van der Waals surface area contributed by atoms with Crippen LogP contribution in [0.3, 0.4) is 0 Å². The maximum atomic E-state index is 11.6. The topological polar surface area (TPSA) is 95.1 Å². The quantitative estimate of drug-likeness (QED) is 0.589. The van der Waals surface area contributed by atoms with Gasteiger partial charge in [0.2, 0.25) is 0 Å². The minimum Gasteiger partial charge on any atom is -0.548 e. The summed E-state index contributed by atoms with van der Waals surface area (Å²) < 4.78 is 4.95. The van der Waals surface area contributed by atoms with Crippen molar-refractivity contribution in [2.75, 3.05) is 0 Å². The summed E-state index contributed by atoms with van der Waals surface area (Å²) in [6, 6.07) is 7.87. The van der Waals surface area contributed by atoms with Gasteiger partial charge in [-0.3, -0.25) is 0 Å². The highest BCUT2D eigenvalue weighted by Crippen LogP contribution is 2.18. The number of carboxylic acid groups (broad SMARTS) is 1. The first-order chi connectivity index (χ1) is 15.8. The second-order valence-corrected chi connectivity index (χ2v) is 10.2. The number of nitrogens with one attached hydrogen (secondary N) is 1. The molecule has 3 N–H and O–H groups in total. The molecule has 0 heterocycles. The minimum absolute atomic E-state index is 0.0209. The van der Waals surface area contributed by atoms with Crippen molar-refractivity contribution in [1.29, 1.82) is 0 Å². The van der Waals surface area contributed by atoms with E-state index in [1.54, 1.807) is 24.3 Å². The molecule has 1 aromatic carbocycles. The molecule has 3 rings (SSSR count). The Morgan fingerprint density at radius 3 is 2.06 bits per heavy atom. The van der Waals surface area contributed by atoms with E-state index in [1.807, 2.05) is 13.8 Å². The van der Waals surface area contributed by atoms with E-state index in [2.05, 4.69) is 10.6 Å². The first kappa shape index (κ1) is 27.5. The second-order valence-electron chi connectivity index (χ2n) is 9.80. The van der Waals surface area contributed by atoms with Crippen molar-refractivity contribution in [3.63, 3.8) is 0 Å². The molecule has 1 atom stereocenters. The average Bonchev–Trinajstić information content (AvgIpc) is 2.79. The van der Waals surface area contributed by atoms with E-state index in [0.717, 1.165) is 12.1 Å². The fraction of sp³-hybridized carbons (Fsp3) is 0.692. The molecule has 2 saturated carbocycles. The molecular formula is C26H41ClN2O4. The van der Waals surface area contributed by atoms with Gasteiger partial charge in [0.15, 0.2) is 0 Å². The van der Waals surface area contributed by atoms with Crippen LogP contribution in [0.15, 0.2) is 24.3 Å². The Labute approximate surface area is 203 Å². The lowest BCUT2D eigenvalue weighted by atomic mass is 9.91. The van der Waals surface area contributed by atoms with Gasteiger partial charge in [-0.2, -0.15) is 0 Å². The van der Waals surface area contributed by atoms with Crippen LogP contribution in [0.1, 0.15) is 90.0 Å². The molecule has 0 unspecified atom stereocenters. The van der Waals surface area contributed by atoms with Gasteiger partial charge in [-0.15, -0.1) is 0 Å². The number of carbonyl (C=O) groups excluding carboxylic acids is 2. The first-order valence-electron chi connectivity index (χ1n) is 12.6. The molecule has 7 heteroatoms.